The minimum Gasteiger partial charge on any atom is -0.311 e. The van der Waals surface area contributed by atoms with Crippen LogP contribution in [0, 0.1) is 45.6 Å². The van der Waals surface area contributed by atoms with Crippen molar-refractivity contribution in [1.29, 1.82) is 5.26 Å². The Morgan fingerprint density at radius 2 is 0.564 bits per heavy atom. The van der Waals surface area contributed by atoms with Gasteiger partial charge < -0.3 is 19.6 Å². The molecule has 0 aromatic heterocycles. The van der Waals surface area contributed by atoms with Crippen LogP contribution in [0.3, 0.4) is 0 Å². The summed E-state index contributed by atoms with van der Waals surface area (Å²) in [5, 5.41) is 14.7. The molecule has 15 aromatic carbocycles. The molecule has 1 aliphatic rings. The third-order valence-electron chi connectivity index (χ3n) is 22.2. The van der Waals surface area contributed by atoms with Gasteiger partial charge in [-0.3, -0.25) is 0 Å². The Kier molecular flexibility index (Phi) is 22.7. The second kappa shape index (κ2) is 33.8. The van der Waals surface area contributed by atoms with E-state index in [1.807, 2.05) is 36.4 Å². The molecule has 0 N–H and O–H groups in total. The summed E-state index contributed by atoms with van der Waals surface area (Å²) in [6.45, 7) is 35.0. The fraction of sp³-hybridized carbons (Fsp3) is 0.119. The number of nitrogens with zero attached hydrogens (tertiary/aromatic N) is 6. The molecule has 0 fully saturated rings. The maximum atomic E-state index is 9.49. The lowest BCUT2D eigenvalue weighted by Gasteiger charge is -2.29. The number of benzene rings is 15. The number of anilines is 12. The molecule has 6 nitrogen and oxygen atoms in total. The highest BCUT2D eigenvalue weighted by molar-refractivity contribution is 6.89. The van der Waals surface area contributed by atoms with Gasteiger partial charge in [0.15, 0.2) is 5.69 Å². The Morgan fingerprint density at radius 1 is 0.291 bits per heavy atom. The van der Waals surface area contributed by atoms with Gasteiger partial charge in [-0.15, -0.1) is 0 Å². The van der Waals surface area contributed by atoms with Gasteiger partial charge in [0.25, 0.3) is 0 Å². The first kappa shape index (κ1) is 78.7. The van der Waals surface area contributed by atoms with Crippen LogP contribution in [-0.4, -0.2) is 16.1 Å². The van der Waals surface area contributed by atoms with Crippen molar-refractivity contribution in [3.8, 4) is 17.2 Å². The lowest BCUT2D eigenvalue weighted by atomic mass is 9.81. The van der Waals surface area contributed by atoms with Crippen molar-refractivity contribution in [2.45, 2.75) is 86.2 Å². The summed E-state index contributed by atoms with van der Waals surface area (Å²) < 4.78 is 0. The summed E-state index contributed by atoms with van der Waals surface area (Å²) in [7, 11) is -2.93. The van der Waals surface area contributed by atoms with E-state index >= 15 is 0 Å². The molecule has 0 heterocycles. The van der Waals surface area contributed by atoms with Crippen molar-refractivity contribution in [2.75, 3.05) is 19.6 Å². The maximum absolute atomic E-state index is 9.49. The molecule has 0 bridgehead atoms. The standard InChI is InChI=1S/C59H54N4Si2.C50H44N2/c1-59(2)57-37-42(15-34-55(57)56-35-29-52(39-58(56)59)63(48-23-18-46(61-3)19-24-48)50-27-32-54(33-28-50)65(7,8)9)11-10-41-12-16-45-38-51(22-17-44(45)36-41)62(47-20-13-43(40-60)14-21-47)49-25-30-53(31-26-49)64(4,5)6;1-37-9-5-13-47(33-37)51(48-14-6-10-38(2)34-48)45-29-25-43(26-30-45)23-21-41-17-19-42(20-18-41)22-24-44-27-31-46(32-28-44)52(49-15-7-11-39(3)35-49)50-16-8-12-40(4)36-50/h10-39H,1-2,4-9H3;5-36H,1-4H3/b11-10+;23-21+,24-22+. The number of rotatable bonds is 20. The molecular formula is C109H98N6Si2. The second-order valence-corrected chi connectivity index (χ2v) is 43.5. The van der Waals surface area contributed by atoms with Crippen molar-refractivity contribution in [3.05, 3.63) is 423 Å². The van der Waals surface area contributed by atoms with Crippen molar-refractivity contribution < 1.29 is 0 Å². The van der Waals surface area contributed by atoms with E-state index in [-0.39, 0.29) is 5.41 Å². The predicted molar refractivity (Wildman–Crippen MR) is 509 cm³/mol. The Balaban J connectivity index is 0.000000188. The summed E-state index contributed by atoms with van der Waals surface area (Å²) in [5.41, 5.74) is 31.5. The normalized spacial score (nSPS) is 12.2. The first-order valence-electron chi connectivity index (χ1n) is 40.3. The van der Waals surface area contributed by atoms with Gasteiger partial charge in [0.05, 0.1) is 34.4 Å². The average molecular weight is 1550 g/mol. The molecule has 16 rings (SSSR count). The molecule has 0 saturated carbocycles. The van der Waals surface area contributed by atoms with Crippen LogP contribution in [0.15, 0.2) is 340 Å². The highest BCUT2D eigenvalue weighted by Crippen LogP contribution is 2.52. The third-order valence-corrected chi connectivity index (χ3v) is 26.3. The molecule has 0 atom stereocenters. The van der Waals surface area contributed by atoms with E-state index in [1.165, 1.54) is 77.0 Å². The highest BCUT2D eigenvalue weighted by Gasteiger charge is 2.36. The summed E-state index contributed by atoms with van der Waals surface area (Å²) in [6.07, 6.45) is 13.2. The summed E-state index contributed by atoms with van der Waals surface area (Å²) in [5.74, 6) is 0. The largest absolute Gasteiger partial charge is 0.311 e. The van der Waals surface area contributed by atoms with Crippen molar-refractivity contribution in [3.63, 3.8) is 0 Å². The van der Waals surface area contributed by atoms with E-state index in [2.05, 4.69) is 451 Å². The SMILES string of the molecule is Cc1cccc(N(c2ccc(/C=C/c3ccc(/C=C/c4ccc(N(c5cccc(C)c5)c5cccc(C)c5)cc4)cc3)cc2)c2cccc(C)c2)c1.[C-]#[N+]c1ccc(N(c2ccc([Si](C)(C)C)cc2)c2ccc3c(c2)C(C)(C)c2cc(/C=C/c4ccc5cc(N(c6ccc(C#N)cc6)c6ccc([Si](C)(C)C)cc6)ccc5c4)ccc2-3)cc1. The summed E-state index contributed by atoms with van der Waals surface area (Å²) in [4.78, 5) is 12.9. The average Bonchev–Trinajstić information content (AvgIpc) is 1.57. The minimum absolute atomic E-state index is 0.214. The van der Waals surface area contributed by atoms with Gasteiger partial charge in [-0.1, -0.05) is 276 Å². The fourth-order valence-electron chi connectivity index (χ4n) is 15.7. The van der Waals surface area contributed by atoms with Crippen molar-refractivity contribution in [2.24, 2.45) is 0 Å². The van der Waals surface area contributed by atoms with Gasteiger partial charge >= 0.3 is 0 Å². The molecule has 0 spiro atoms. The van der Waals surface area contributed by atoms with Gasteiger partial charge in [-0.05, 0) is 280 Å². The van der Waals surface area contributed by atoms with Crippen molar-refractivity contribution in [1.82, 2.24) is 0 Å². The molecule has 0 unspecified atom stereocenters. The van der Waals surface area contributed by atoms with E-state index in [4.69, 9.17) is 6.57 Å². The van der Waals surface area contributed by atoms with E-state index in [1.54, 1.807) is 0 Å². The first-order valence-corrected chi connectivity index (χ1v) is 47.3. The second-order valence-electron chi connectivity index (χ2n) is 33.4. The lowest BCUT2D eigenvalue weighted by molar-refractivity contribution is 0.660. The molecule has 15 aromatic rings. The van der Waals surface area contributed by atoms with Crippen LogP contribution in [0.5, 0.6) is 0 Å². The minimum atomic E-state index is -1.47. The number of nitriles is 1. The van der Waals surface area contributed by atoms with Gasteiger partial charge in [0.2, 0.25) is 0 Å². The number of aryl methyl sites for hydroxylation is 4. The monoisotopic (exact) mass is 1550 g/mol. The molecule has 0 aliphatic heterocycles. The Labute approximate surface area is 694 Å². The quantitative estimate of drug-likeness (QED) is 0.0432. The predicted octanol–water partition coefficient (Wildman–Crippen LogP) is 30.0. The molecule has 0 amide bonds. The van der Waals surface area contributed by atoms with E-state index in [0.717, 1.165) is 90.3 Å². The van der Waals surface area contributed by atoms with E-state index < -0.39 is 16.1 Å². The van der Waals surface area contributed by atoms with Crippen LogP contribution in [0.1, 0.15) is 86.2 Å². The maximum Gasteiger partial charge on any atom is 0.187 e. The smallest absolute Gasteiger partial charge is 0.187 e. The summed E-state index contributed by atoms with van der Waals surface area (Å²) >= 11 is 0. The number of fused-ring (bicyclic) bond motifs is 4. The Hall–Kier alpha value is -13.6. The lowest BCUT2D eigenvalue weighted by Crippen LogP contribution is -2.37. The highest BCUT2D eigenvalue weighted by atomic mass is 28.3. The van der Waals surface area contributed by atoms with Crippen LogP contribution < -0.4 is 30.0 Å². The van der Waals surface area contributed by atoms with Crippen molar-refractivity contribution >= 4 is 148 Å². The van der Waals surface area contributed by atoms with Gasteiger partial charge in [-0.25, -0.2) is 4.85 Å². The molecule has 117 heavy (non-hydrogen) atoms. The molecule has 0 saturated heterocycles. The first-order chi connectivity index (χ1) is 56.5. The van der Waals surface area contributed by atoms with Crippen LogP contribution in [0.4, 0.5) is 73.9 Å². The molecule has 0 radical (unpaired) electrons. The van der Waals surface area contributed by atoms with Crippen LogP contribution >= 0.6 is 0 Å². The van der Waals surface area contributed by atoms with E-state index in [0.29, 0.717) is 11.3 Å². The molecule has 1 aliphatic carbocycles. The number of hydrogen-bond acceptors (Lipinski definition) is 5. The third kappa shape index (κ3) is 18.0. The zero-order valence-electron chi connectivity index (χ0n) is 69.0. The van der Waals surface area contributed by atoms with Gasteiger partial charge in [0, 0.05) is 73.7 Å². The Bertz CT molecular complexity index is 6030. The Morgan fingerprint density at radius 3 is 0.949 bits per heavy atom. The topological polar surface area (TPSA) is 41.1 Å². The fourth-order valence-corrected chi connectivity index (χ4v) is 18.0. The van der Waals surface area contributed by atoms with E-state index in [9.17, 15) is 5.26 Å². The van der Waals surface area contributed by atoms with Gasteiger partial charge in [-0.2, -0.15) is 5.26 Å². The summed E-state index contributed by atoms with van der Waals surface area (Å²) in [6, 6.07) is 124. The van der Waals surface area contributed by atoms with Crippen LogP contribution in [0.2, 0.25) is 39.3 Å². The molecule has 8 heteroatoms. The number of hydrogen-bond donors (Lipinski definition) is 0. The van der Waals surface area contributed by atoms with Crippen LogP contribution in [-0.2, 0) is 5.41 Å². The zero-order chi connectivity index (χ0) is 81.5. The zero-order valence-corrected chi connectivity index (χ0v) is 71.0. The van der Waals surface area contributed by atoms with Gasteiger partial charge in [0.1, 0.15) is 0 Å². The molecular weight excluding hydrogens is 1450 g/mol. The van der Waals surface area contributed by atoms with Crippen LogP contribution in [0.25, 0.3) is 63.2 Å². The molecule has 572 valence electrons.